The lowest BCUT2D eigenvalue weighted by molar-refractivity contribution is 0.411. The highest BCUT2D eigenvalue weighted by Crippen LogP contribution is 2.23. The van der Waals surface area contributed by atoms with E-state index in [1.54, 1.807) is 19.5 Å². The van der Waals surface area contributed by atoms with Crippen LogP contribution < -0.4 is 10.1 Å². The van der Waals surface area contributed by atoms with Crippen LogP contribution in [0.5, 0.6) is 5.75 Å². The van der Waals surface area contributed by atoms with Crippen LogP contribution in [0.1, 0.15) is 24.2 Å². The van der Waals surface area contributed by atoms with E-state index in [1.807, 2.05) is 30.1 Å². The summed E-state index contributed by atoms with van der Waals surface area (Å²) in [6.07, 6.45) is 5.35. The quantitative estimate of drug-likeness (QED) is 0.869. The summed E-state index contributed by atoms with van der Waals surface area (Å²) in [5, 5.41) is 7.65. The number of hydrogen-bond acceptors (Lipinski definition) is 4. The number of nitrogens with one attached hydrogen (secondary N) is 1. The summed E-state index contributed by atoms with van der Waals surface area (Å²) in [4.78, 5) is 4.20. The van der Waals surface area contributed by atoms with Gasteiger partial charge in [0.15, 0.2) is 0 Å². The Balaban J connectivity index is 2.38. The summed E-state index contributed by atoms with van der Waals surface area (Å²) in [7, 11) is 3.58. The average molecular weight is 246 g/mol. The summed E-state index contributed by atoms with van der Waals surface area (Å²) in [5.41, 5.74) is 2.17. The maximum atomic E-state index is 5.22. The first-order chi connectivity index (χ1) is 8.76. The summed E-state index contributed by atoms with van der Waals surface area (Å²) in [6.45, 7) is 2.95. The van der Waals surface area contributed by atoms with Crippen LogP contribution in [0.4, 0.5) is 0 Å². The Labute approximate surface area is 107 Å². The van der Waals surface area contributed by atoms with Crippen LogP contribution in [0, 0.1) is 0 Å². The smallest absolute Gasteiger partial charge is 0.137 e. The van der Waals surface area contributed by atoms with Crippen LogP contribution >= 0.6 is 0 Å². The molecule has 0 bridgehead atoms. The Bertz CT molecular complexity index is 509. The number of nitrogens with zero attached hydrogens (tertiary/aromatic N) is 3. The van der Waals surface area contributed by atoms with Gasteiger partial charge in [0, 0.05) is 19.4 Å². The lowest BCUT2D eigenvalue weighted by atomic mass is 10.1. The molecule has 2 rings (SSSR count). The van der Waals surface area contributed by atoms with Crippen LogP contribution in [0.2, 0.25) is 0 Å². The minimum absolute atomic E-state index is 0.0742. The van der Waals surface area contributed by atoms with Crippen molar-refractivity contribution in [2.45, 2.75) is 13.0 Å². The third-order valence-corrected chi connectivity index (χ3v) is 2.87. The molecule has 5 nitrogen and oxygen atoms in total. The number of rotatable bonds is 5. The van der Waals surface area contributed by atoms with Gasteiger partial charge in [-0.05, 0) is 24.2 Å². The molecule has 0 spiro atoms. The highest BCUT2D eigenvalue weighted by Gasteiger charge is 2.17. The molecule has 2 aromatic heterocycles. The molecule has 1 N–H and O–H groups in total. The van der Waals surface area contributed by atoms with E-state index in [-0.39, 0.29) is 6.04 Å². The maximum absolute atomic E-state index is 5.22. The van der Waals surface area contributed by atoms with Gasteiger partial charge < -0.3 is 10.1 Å². The molecule has 0 aliphatic heterocycles. The largest absolute Gasteiger partial charge is 0.495 e. The molecule has 0 saturated carbocycles. The van der Waals surface area contributed by atoms with Crippen molar-refractivity contribution in [3.63, 3.8) is 0 Å². The zero-order chi connectivity index (χ0) is 13.0. The number of aromatic nitrogens is 3. The average Bonchev–Trinajstić information content (AvgIpc) is 2.82. The van der Waals surface area contributed by atoms with E-state index in [1.165, 1.54) is 0 Å². The second kappa shape index (κ2) is 5.64. The van der Waals surface area contributed by atoms with E-state index in [2.05, 4.69) is 22.3 Å². The lowest BCUT2D eigenvalue weighted by Gasteiger charge is -2.18. The molecular formula is C13H18N4O. The van der Waals surface area contributed by atoms with Gasteiger partial charge in [-0.3, -0.25) is 9.67 Å². The zero-order valence-corrected chi connectivity index (χ0v) is 10.9. The van der Waals surface area contributed by atoms with E-state index in [4.69, 9.17) is 4.74 Å². The number of pyridine rings is 1. The van der Waals surface area contributed by atoms with Crippen molar-refractivity contribution < 1.29 is 4.74 Å². The molecule has 0 aromatic carbocycles. The van der Waals surface area contributed by atoms with Crippen molar-refractivity contribution in [1.29, 1.82) is 0 Å². The third-order valence-electron chi connectivity index (χ3n) is 2.87. The minimum atomic E-state index is 0.0742. The Morgan fingerprint density at radius 1 is 1.44 bits per heavy atom. The standard InChI is InChI=1S/C13H18N4O/c1-4-15-13(12-5-6-16-17(12)2)10-7-11(18-3)9-14-8-10/h5-9,13,15H,4H2,1-3H3. The highest BCUT2D eigenvalue weighted by molar-refractivity contribution is 5.31. The Kier molecular flexibility index (Phi) is 3.94. The second-order valence-electron chi connectivity index (χ2n) is 4.03. The first-order valence-electron chi connectivity index (χ1n) is 5.96. The number of aryl methyl sites for hydroxylation is 1. The Hall–Kier alpha value is -1.88. The van der Waals surface area contributed by atoms with Crippen LogP contribution in [0.3, 0.4) is 0 Å². The molecule has 0 aliphatic rings. The van der Waals surface area contributed by atoms with Crippen molar-refractivity contribution in [2.24, 2.45) is 7.05 Å². The summed E-state index contributed by atoms with van der Waals surface area (Å²) < 4.78 is 7.09. The predicted octanol–water partition coefficient (Wildman–Crippen LogP) is 1.52. The van der Waals surface area contributed by atoms with Crippen LogP contribution in [-0.2, 0) is 7.05 Å². The van der Waals surface area contributed by atoms with E-state index in [9.17, 15) is 0 Å². The van der Waals surface area contributed by atoms with Crippen molar-refractivity contribution in [2.75, 3.05) is 13.7 Å². The fourth-order valence-electron chi connectivity index (χ4n) is 1.97. The monoisotopic (exact) mass is 246 g/mol. The molecule has 2 heterocycles. The van der Waals surface area contributed by atoms with Gasteiger partial charge >= 0.3 is 0 Å². The second-order valence-corrected chi connectivity index (χ2v) is 4.03. The zero-order valence-electron chi connectivity index (χ0n) is 10.9. The van der Waals surface area contributed by atoms with Crippen LogP contribution in [-0.4, -0.2) is 28.4 Å². The van der Waals surface area contributed by atoms with Crippen molar-refractivity contribution >= 4 is 0 Å². The minimum Gasteiger partial charge on any atom is -0.495 e. The maximum Gasteiger partial charge on any atom is 0.137 e. The van der Waals surface area contributed by atoms with Crippen molar-refractivity contribution in [3.05, 3.63) is 42.0 Å². The topological polar surface area (TPSA) is 52.0 Å². The fourth-order valence-corrected chi connectivity index (χ4v) is 1.97. The first-order valence-corrected chi connectivity index (χ1v) is 5.96. The van der Waals surface area contributed by atoms with Gasteiger partial charge in [-0.15, -0.1) is 0 Å². The summed E-state index contributed by atoms with van der Waals surface area (Å²) in [6, 6.07) is 4.07. The first kappa shape index (κ1) is 12.6. The van der Waals surface area contributed by atoms with E-state index >= 15 is 0 Å². The van der Waals surface area contributed by atoms with Gasteiger partial charge in [-0.25, -0.2) is 0 Å². The van der Waals surface area contributed by atoms with Gasteiger partial charge in [0.05, 0.1) is 25.0 Å². The molecular weight excluding hydrogens is 228 g/mol. The SMILES string of the molecule is CCNC(c1cncc(OC)c1)c1ccnn1C. The molecule has 2 aromatic rings. The molecule has 96 valence electrons. The molecule has 1 unspecified atom stereocenters. The Morgan fingerprint density at radius 2 is 2.28 bits per heavy atom. The number of ether oxygens (including phenoxy) is 1. The number of hydrogen-bond donors (Lipinski definition) is 1. The van der Waals surface area contributed by atoms with Crippen LogP contribution in [0.25, 0.3) is 0 Å². The van der Waals surface area contributed by atoms with Gasteiger partial charge in [0.1, 0.15) is 5.75 Å². The van der Waals surface area contributed by atoms with Gasteiger partial charge in [0.2, 0.25) is 0 Å². The normalized spacial score (nSPS) is 12.4. The summed E-state index contributed by atoms with van der Waals surface area (Å²) >= 11 is 0. The van der Waals surface area contributed by atoms with Gasteiger partial charge in [0.25, 0.3) is 0 Å². The molecule has 0 fully saturated rings. The van der Waals surface area contributed by atoms with Gasteiger partial charge in [-0.1, -0.05) is 6.92 Å². The Morgan fingerprint density at radius 3 is 2.89 bits per heavy atom. The molecule has 0 radical (unpaired) electrons. The summed E-state index contributed by atoms with van der Waals surface area (Å²) in [5.74, 6) is 0.762. The molecule has 1 atom stereocenters. The highest BCUT2D eigenvalue weighted by atomic mass is 16.5. The van der Waals surface area contributed by atoms with Gasteiger partial charge in [-0.2, -0.15) is 5.10 Å². The van der Waals surface area contributed by atoms with Crippen LogP contribution in [0.15, 0.2) is 30.7 Å². The molecule has 0 saturated heterocycles. The fraction of sp³-hybridized carbons (Fsp3) is 0.385. The molecule has 0 aliphatic carbocycles. The molecule has 18 heavy (non-hydrogen) atoms. The predicted molar refractivity (Wildman–Crippen MR) is 69.5 cm³/mol. The van der Waals surface area contributed by atoms with Crippen molar-refractivity contribution in [1.82, 2.24) is 20.1 Å². The van der Waals surface area contributed by atoms with E-state index in [0.717, 1.165) is 23.6 Å². The molecule has 0 amide bonds. The third kappa shape index (κ3) is 2.51. The molecule has 5 heteroatoms. The number of methoxy groups -OCH3 is 1. The van der Waals surface area contributed by atoms with E-state index < -0.39 is 0 Å². The van der Waals surface area contributed by atoms with E-state index in [0.29, 0.717) is 0 Å². The van der Waals surface area contributed by atoms with Crippen molar-refractivity contribution in [3.8, 4) is 5.75 Å². The lowest BCUT2D eigenvalue weighted by Crippen LogP contribution is -2.24.